The summed E-state index contributed by atoms with van der Waals surface area (Å²) in [6.45, 7) is 9.04. The van der Waals surface area contributed by atoms with Gasteiger partial charge in [0.05, 0.1) is 12.7 Å². The number of allylic oxidation sites excluding steroid dienone is 3. The lowest BCUT2D eigenvalue weighted by atomic mass is 10.0. The number of aryl methyl sites for hydroxylation is 1. The van der Waals surface area contributed by atoms with Crippen molar-refractivity contribution < 1.29 is 9.53 Å². The number of carbonyl (C=O) groups is 1. The minimum atomic E-state index is 0.126. The van der Waals surface area contributed by atoms with Crippen molar-refractivity contribution in [3.63, 3.8) is 0 Å². The Bertz CT molecular complexity index is 1040. The number of hydrogen-bond donors (Lipinski definition) is 1. The number of hydrogen-bond acceptors (Lipinski definition) is 5. The Kier molecular flexibility index (Phi) is 9.74. The fraction of sp³-hybridized carbons (Fsp3) is 0.519. The molecule has 0 saturated carbocycles. The third-order valence-corrected chi connectivity index (χ3v) is 6.42. The van der Waals surface area contributed by atoms with Crippen LogP contribution in [-0.2, 0) is 29.5 Å². The minimum absolute atomic E-state index is 0.126. The second-order valence-electron chi connectivity index (χ2n) is 9.22. The summed E-state index contributed by atoms with van der Waals surface area (Å²) in [5.41, 5.74) is 4.70. The summed E-state index contributed by atoms with van der Waals surface area (Å²) in [6.07, 6.45) is 23.0. The predicted molar refractivity (Wildman–Crippen MR) is 140 cm³/mol. The zero-order chi connectivity index (χ0) is 25.2. The Morgan fingerprint density at radius 2 is 2.03 bits per heavy atom. The van der Waals surface area contributed by atoms with Crippen LogP contribution in [-0.4, -0.2) is 63.6 Å². The zero-order valence-corrected chi connectivity index (χ0v) is 21.2. The van der Waals surface area contributed by atoms with Crippen LogP contribution in [0.1, 0.15) is 49.9 Å². The number of amides is 1. The number of nitrogens with one attached hydrogen (secondary N) is 1. The maximum Gasteiger partial charge on any atom is 0.219 e. The van der Waals surface area contributed by atoms with Crippen LogP contribution in [0.15, 0.2) is 30.6 Å². The molecule has 188 valence electrons. The Hall–Kier alpha value is -3.31. The number of carbonyl (C=O) groups excluding carboxylic acids is 1. The van der Waals surface area contributed by atoms with E-state index in [0.717, 1.165) is 62.8 Å². The van der Waals surface area contributed by atoms with Gasteiger partial charge in [0.2, 0.25) is 5.91 Å². The number of terminal acetylenes is 1. The summed E-state index contributed by atoms with van der Waals surface area (Å²) in [4.78, 5) is 16.1. The maximum absolute atomic E-state index is 11.8. The van der Waals surface area contributed by atoms with Crippen molar-refractivity contribution in [2.75, 3.05) is 37.7 Å². The third kappa shape index (κ3) is 7.09. The van der Waals surface area contributed by atoms with Crippen LogP contribution in [0.2, 0.25) is 0 Å². The SMILES string of the molecule is C#C.C1CCOC1.CC(=O)N1CCc2[nH]nc(N3C/C=C\C(c4cnn(C)c4)=C/C[C@@H](C)C3)c2C1. The lowest BCUT2D eigenvalue weighted by Crippen LogP contribution is -2.36. The van der Waals surface area contributed by atoms with Gasteiger partial charge in [0.25, 0.3) is 0 Å². The molecule has 1 saturated heterocycles. The van der Waals surface area contributed by atoms with Crippen LogP contribution < -0.4 is 4.90 Å². The minimum Gasteiger partial charge on any atom is -0.381 e. The summed E-state index contributed by atoms with van der Waals surface area (Å²) < 4.78 is 6.78. The molecule has 0 bridgehead atoms. The third-order valence-electron chi connectivity index (χ3n) is 6.42. The van der Waals surface area contributed by atoms with Crippen LogP contribution in [0, 0.1) is 18.8 Å². The number of H-pyrrole nitrogens is 1. The van der Waals surface area contributed by atoms with Crippen molar-refractivity contribution in [3.8, 4) is 12.8 Å². The number of rotatable bonds is 2. The monoisotopic (exact) mass is 478 g/mol. The van der Waals surface area contributed by atoms with Gasteiger partial charge >= 0.3 is 0 Å². The summed E-state index contributed by atoms with van der Waals surface area (Å²) in [5, 5.41) is 12.1. The molecule has 0 unspecified atom stereocenters. The smallest absolute Gasteiger partial charge is 0.219 e. The molecule has 8 nitrogen and oxygen atoms in total. The highest BCUT2D eigenvalue weighted by Gasteiger charge is 2.26. The summed E-state index contributed by atoms with van der Waals surface area (Å²) in [5.74, 6) is 1.61. The van der Waals surface area contributed by atoms with Crippen molar-refractivity contribution in [2.24, 2.45) is 13.0 Å². The van der Waals surface area contributed by atoms with Crippen molar-refractivity contribution >= 4 is 17.3 Å². The number of nitrogens with zero attached hydrogens (tertiary/aromatic N) is 5. The number of ether oxygens (including phenoxy) is 1. The normalized spacial score (nSPS) is 22.1. The zero-order valence-electron chi connectivity index (χ0n) is 21.2. The largest absolute Gasteiger partial charge is 0.381 e. The summed E-state index contributed by atoms with van der Waals surface area (Å²) in [6, 6.07) is 0. The summed E-state index contributed by atoms with van der Waals surface area (Å²) >= 11 is 0. The Morgan fingerprint density at radius 3 is 2.66 bits per heavy atom. The van der Waals surface area contributed by atoms with E-state index in [-0.39, 0.29) is 5.91 Å². The van der Waals surface area contributed by atoms with Crippen molar-refractivity contribution in [2.45, 2.75) is 46.1 Å². The van der Waals surface area contributed by atoms with Gasteiger partial charge in [0.15, 0.2) is 5.82 Å². The van der Waals surface area contributed by atoms with Gasteiger partial charge in [-0.25, -0.2) is 0 Å². The first-order valence-electron chi connectivity index (χ1n) is 12.3. The molecule has 1 N–H and O–H groups in total. The molecule has 8 heteroatoms. The molecule has 0 spiro atoms. The Balaban J connectivity index is 0.000000428. The van der Waals surface area contributed by atoms with E-state index in [9.17, 15) is 4.79 Å². The van der Waals surface area contributed by atoms with E-state index in [1.54, 1.807) is 6.92 Å². The lowest BCUT2D eigenvalue weighted by Gasteiger charge is -2.29. The van der Waals surface area contributed by atoms with Crippen molar-refractivity contribution in [1.29, 1.82) is 0 Å². The molecule has 3 aliphatic rings. The molecule has 5 rings (SSSR count). The first kappa shape index (κ1) is 26.3. The molecule has 1 fully saturated rings. The van der Waals surface area contributed by atoms with E-state index in [1.165, 1.54) is 24.0 Å². The molecule has 1 atom stereocenters. The van der Waals surface area contributed by atoms with Crippen LogP contribution in [0.4, 0.5) is 5.82 Å². The second-order valence-corrected chi connectivity index (χ2v) is 9.22. The first-order valence-corrected chi connectivity index (χ1v) is 12.3. The maximum atomic E-state index is 11.8. The van der Waals surface area contributed by atoms with Crippen molar-refractivity contribution in [3.05, 3.63) is 47.4 Å². The number of aromatic nitrogens is 4. The highest BCUT2D eigenvalue weighted by molar-refractivity contribution is 5.74. The Labute approximate surface area is 209 Å². The second kappa shape index (κ2) is 13.0. The fourth-order valence-electron chi connectivity index (χ4n) is 4.51. The predicted octanol–water partition coefficient (Wildman–Crippen LogP) is 3.58. The summed E-state index contributed by atoms with van der Waals surface area (Å²) in [7, 11) is 1.94. The molecule has 3 aliphatic heterocycles. The van der Waals surface area contributed by atoms with Crippen molar-refractivity contribution in [1.82, 2.24) is 24.9 Å². The lowest BCUT2D eigenvalue weighted by molar-refractivity contribution is -0.129. The molecule has 5 heterocycles. The van der Waals surface area contributed by atoms with Crippen LogP contribution in [0.25, 0.3) is 5.57 Å². The molecule has 0 aromatic carbocycles. The van der Waals surface area contributed by atoms with Gasteiger partial charge in [-0.05, 0) is 30.8 Å². The van der Waals surface area contributed by atoms with E-state index in [1.807, 2.05) is 22.8 Å². The number of fused-ring (bicyclic) bond motifs is 1. The van der Waals surface area contributed by atoms with Gasteiger partial charge in [-0.2, -0.15) is 10.2 Å². The van der Waals surface area contributed by atoms with Crippen LogP contribution in [0.3, 0.4) is 0 Å². The molecule has 35 heavy (non-hydrogen) atoms. The number of aromatic amines is 1. The molecule has 2 aromatic heterocycles. The van der Waals surface area contributed by atoms with E-state index in [4.69, 9.17) is 4.74 Å². The van der Waals surface area contributed by atoms with Gasteiger partial charge in [0.1, 0.15) is 0 Å². The molecular formula is C27H38N6O2. The molecular weight excluding hydrogens is 440 g/mol. The molecule has 1 amide bonds. The first-order chi connectivity index (χ1) is 17.0. The van der Waals surface area contributed by atoms with E-state index in [0.29, 0.717) is 12.5 Å². The quantitative estimate of drug-likeness (QED) is 0.668. The average molecular weight is 479 g/mol. The van der Waals surface area contributed by atoms with E-state index in [2.05, 4.69) is 64.4 Å². The molecule has 0 radical (unpaired) electrons. The van der Waals surface area contributed by atoms with Gasteiger partial charge in [-0.15, -0.1) is 12.8 Å². The van der Waals surface area contributed by atoms with Crippen LogP contribution >= 0.6 is 0 Å². The highest BCUT2D eigenvalue weighted by Crippen LogP contribution is 2.29. The van der Waals surface area contributed by atoms with Crippen LogP contribution in [0.5, 0.6) is 0 Å². The van der Waals surface area contributed by atoms with Gasteiger partial charge < -0.3 is 14.5 Å². The fourth-order valence-corrected chi connectivity index (χ4v) is 4.51. The topological polar surface area (TPSA) is 79.3 Å². The average Bonchev–Trinajstić information content (AvgIpc) is 3.64. The van der Waals surface area contributed by atoms with Gasteiger partial charge in [-0.1, -0.05) is 25.2 Å². The highest BCUT2D eigenvalue weighted by atomic mass is 16.5. The van der Waals surface area contributed by atoms with Gasteiger partial charge in [0, 0.05) is 76.3 Å². The van der Waals surface area contributed by atoms with E-state index < -0.39 is 0 Å². The van der Waals surface area contributed by atoms with E-state index >= 15 is 0 Å². The number of anilines is 1. The van der Waals surface area contributed by atoms with Gasteiger partial charge in [-0.3, -0.25) is 14.6 Å². The standard InChI is InChI=1S/C21H28N6O.C4H8O.C2H2/c1-15-6-7-17(18-11-22-25(3)13-18)5-4-9-27(12-15)21-19-14-26(16(2)28)10-8-20(19)23-24-21;1-2-4-5-3-1;1-2/h4-5,7,11,13,15H,6,8-10,12,14H2,1-3H3,(H,23,24);1-4H2;1-2H/b5-4-,17-7+;;/t15-;;/m1../s1. The molecule has 0 aliphatic carbocycles. The molecule has 2 aromatic rings. The Morgan fingerprint density at radius 1 is 1.26 bits per heavy atom.